The van der Waals surface area contributed by atoms with Crippen molar-refractivity contribution < 1.29 is 22.4 Å². The van der Waals surface area contributed by atoms with Gasteiger partial charge in [0.15, 0.2) is 0 Å². The van der Waals surface area contributed by atoms with E-state index < -0.39 is 40.2 Å². The molecule has 3 rings (SSSR count). The van der Waals surface area contributed by atoms with Crippen LogP contribution in [0, 0.1) is 19.7 Å². The summed E-state index contributed by atoms with van der Waals surface area (Å²) in [7, 11) is -4.16. The van der Waals surface area contributed by atoms with Gasteiger partial charge in [-0.1, -0.05) is 61.9 Å². The number of sulfonamides is 1. The molecule has 3 aromatic rings. The summed E-state index contributed by atoms with van der Waals surface area (Å²) in [6, 6.07) is 18.2. The highest BCUT2D eigenvalue weighted by Crippen LogP contribution is 2.29. The zero-order chi connectivity index (χ0) is 28.6. The largest absolute Gasteiger partial charge is 0.354 e. The lowest BCUT2D eigenvalue weighted by Crippen LogP contribution is -2.51. The molecular formula is C30H36FN3O4S. The van der Waals surface area contributed by atoms with E-state index in [2.05, 4.69) is 5.32 Å². The number of amides is 2. The number of carbonyl (C=O) groups is 2. The number of aryl methyl sites for hydroxylation is 1. The van der Waals surface area contributed by atoms with Gasteiger partial charge in [0.1, 0.15) is 18.4 Å². The Morgan fingerprint density at radius 2 is 1.62 bits per heavy atom. The van der Waals surface area contributed by atoms with Crippen LogP contribution in [0.1, 0.15) is 43.4 Å². The van der Waals surface area contributed by atoms with Crippen LogP contribution in [-0.2, 0) is 26.2 Å². The lowest BCUT2D eigenvalue weighted by atomic mass is 10.1. The predicted octanol–water partition coefficient (Wildman–Crippen LogP) is 4.97. The van der Waals surface area contributed by atoms with Crippen LogP contribution in [0.4, 0.5) is 10.1 Å². The second kappa shape index (κ2) is 13.4. The molecule has 0 spiro atoms. The fourth-order valence-corrected chi connectivity index (χ4v) is 5.66. The van der Waals surface area contributed by atoms with Gasteiger partial charge in [0.2, 0.25) is 11.8 Å². The first-order valence-corrected chi connectivity index (χ1v) is 14.5. The standard InChI is InChI=1S/C30H36FN3O4S/c1-5-6-19-32-30(36)24(4)33(20-25-14-10-11-17-27(25)31)29(35)21-34(28-18-12-13-22(2)23(28)3)39(37,38)26-15-8-7-9-16-26/h7-18,24H,5-6,19-21H2,1-4H3,(H,32,36)/t24-/m0/s1. The fourth-order valence-electron chi connectivity index (χ4n) is 4.17. The SMILES string of the molecule is CCCCNC(=O)[C@H](C)N(Cc1ccccc1F)C(=O)CN(c1cccc(C)c1C)S(=O)(=O)c1ccccc1. The number of benzene rings is 3. The molecule has 1 atom stereocenters. The number of nitrogens with one attached hydrogen (secondary N) is 1. The Labute approximate surface area is 230 Å². The minimum Gasteiger partial charge on any atom is -0.354 e. The van der Waals surface area contributed by atoms with E-state index in [0.717, 1.165) is 22.7 Å². The molecule has 0 bridgehead atoms. The van der Waals surface area contributed by atoms with Crippen LogP contribution in [0.2, 0.25) is 0 Å². The average Bonchev–Trinajstić information content (AvgIpc) is 2.93. The van der Waals surface area contributed by atoms with Crippen molar-refractivity contribution in [2.45, 2.75) is 58.0 Å². The minimum atomic E-state index is -4.16. The minimum absolute atomic E-state index is 0.0321. The number of rotatable bonds is 12. The van der Waals surface area contributed by atoms with Crippen molar-refractivity contribution in [1.29, 1.82) is 0 Å². The second-order valence-corrected chi connectivity index (χ2v) is 11.3. The van der Waals surface area contributed by atoms with Crippen LogP contribution >= 0.6 is 0 Å². The molecular weight excluding hydrogens is 517 g/mol. The highest BCUT2D eigenvalue weighted by molar-refractivity contribution is 7.92. The Kier molecular flexibility index (Phi) is 10.2. The van der Waals surface area contributed by atoms with Gasteiger partial charge in [0.05, 0.1) is 10.6 Å². The van der Waals surface area contributed by atoms with Crippen molar-refractivity contribution in [1.82, 2.24) is 10.2 Å². The number of halogens is 1. The predicted molar refractivity (Wildman–Crippen MR) is 151 cm³/mol. The fraction of sp³-hybridized carbons (Fsp3) is 0.333. The van der Waals surface area contributed by atoms with E-state index in [0.29, 0.717) is 17.8 Å². The number of carbonyl (C=O) groups excluding carboxylic acids is 2. The normalized spacial score (nSPS) is 12.0. The van der Waals surface area contributed by atoms with Crippen molar-refractivity contribution in [2.75, 3.05) is 17.4 Å². The van der Waals surface area contributed by atoms with Crippen molar-refractivity contribution in [3.8, 4) is 0 Å². The summed E-state index contributed by atoms with van der Waals surface area (Å²) in [6.07, 6.45) is 1.66. The van der Waals surface area contributed by atoms with Gasteiger partial charge in [0.25, 0.3) is 10.0 Å². The third kappa shape index (κ3) is 7.23. The van der Waals surface area contributed by atoms with Crippen molar-refractivity contribution >= 4 is 27.5 Å². The Balaban J connectivity index is 2.04. The van der Waals surface area contributed by atoms with Crippen LogP contribution < -0.4 is 9.62 Å². The third-order valence-corrected chi connectivity index (χ3v) is 8.52. The van der Waals surface area contributed by atoms with Gasteiger partial charge in [-0.15, -0.1) is 0 Å². The quantitative estimate of drug-likeness (QED) is 0.321. The number of hydrogen-bond donors (Lipinski definition) is 1. The van der Waals surface area contributed by atoms with Gasteiger partial charge < -0.3 is 10.2 Å². The molecule has 7 nitrogen and oxygen atoms in total. The van der Waals surface area contributed by atoms with Gasteiger partial charge in [0, 0.05) is 18.7 Å². The number of nitrogens with zero attached hydrogens (tertiary/aromatic N) is 2. The molecule has 9 heteroatoms. The molecule has 1 N–H and O–H groups in total. The van der Waals surface area contributed by atoms with Crippen molar-refractivity contribution in [3.63, 3.8) is 0 Å². The molecule has 0 aliphatic carbocycles. The Bertz CT molecular complexity index is 1400. The maximum Gasteiger partial charge on any atom is 0.264 e. The van der Waals surface area contributed by atoms with Crippen LogP contribution in [0.15, 0.2) is 77.7 Å². The summed E-state index contributed by atoms with van der Waals surface area (Å²) >= 11 is 0. The first-order valence-electron chi connectivity index (χ1n) is 13.0. The van der Waals surface area contributed by atoms with Crippen molar-refractivity contribution in [2.24, 2.45) is 0 Å². The molecule has 0 aliphatic rings. The molecule has 0 radical (unpaired) electrons. The molecule has 0 fully saturated rings. The summed E-state index contributed by atoms with van der Waals surface area (Å²) in [6.45, 7) is 6.90. The smallest absolute Gasteiger partial charge is 0.264 e. The lowest BCUT2D eigenvalue weighted by molar-refractivity contribution is -0.139. The third-order valence-electron chi connectivity index (χ3n) is 6.75. The molecule has 0 saturated carbocycles. The molecule has 3 aromatic carbocycles. The maximum atomic E-state index is 14.6. The van der Waals surface area contributed by atoms with Gasteiger partial charge in [-0.25, -0.2) is 12.8 Å². The monoisotopic (exact) mass is 553 g/mol. The van der Waals surface area contributed by atoms with E-state index in [1.54, 1.807) is 62.4 Å². The highest BCUT2D eigenvalue weighted by Gasteiger charge is 2.33. The average molecular weight is 554 g/mol. The van der Waals surface area contributed by atoms with E-state index >= 15 is 0 Å². The van der Waals surface area contributed by atoms with Crippen LogP contribution in [0.25, 0.3) is 0 Å². The van der Waals surface area contributed by atoms with E-state index in [9.17, 15) is 22.4 Å². The molecule has 208 valence electrons. The molecule has 0 heterocycles. The first kappa shape index (κ1) is 29.8. The van der Waals surface area contributed by atoms with Gasteiger partial charge in [-0.3, -0.25) is 13.9 Å². The highest BCUT2D eigenvalue weighted by atomic mass is 32.2. The number of hydrogen-bond acceptors (Lipinski definition) is 4. The molecule has 0 aromatic heterocycles. The first-order chi connectivity index (χ1) is 18.6. The summed E-state index contributed by atoms with van der Waals surface area (Å²) in [5, 5.41) is 2.82. The van der Waals surface area contributed by atoms with Crippen molar-refractivity contribution in [3.05, 3.63) is 95.3 Å². The Hall–Kier alpha value is -3.72. The molecule has 39 heavy (non-hydrogen) atoms. The number of unbranched alkanes of at least 4 members (excludes halogenated alkanes) is 1. The molecule has 0 saturated heterocycles. The maximum absolute atomic E-state index is 14.6. The van der Waals surface area contributed by atoms with Gasteiger partial charge in [-0.2, -0.15) is 0 Å². The van der Waals surface area contributed by atoms with Gasteiger partial charge >= 0.3 is 0 Å². The summed E-state index contributed by atoms with van der Waals surface area (Å²) in [5.74, 6) is -1.54. The summed E-state index contributed by atoms with van der Waals surface area (Å²) in [5.41, 5.74) is 2.15. The number of anilines is 1. The zero-order valence-corrected chi connectivity index (χ0v) is 23.7. The second-order valence-electron chi connectivity index (χ2n) is 9.48. The van der Waals surface area contributed by atoms with E-state index in [4.69, 9.17) is 0 Å². The van der Waals surface area contributed by atoms with Crippen LogP contribution in [0.3, 0.4) is 0 Å². The van der Waals surface area contributed by atoms with Crippen LogP contribution in [-0.4, -0.2) is 44.3 Å². The molecule has 0 aliphatic heterocycles. The zero-order valence-electron chi connectivity index (χ0n) is 22.9. The molecule has 0 unspecified atom stereocenters. The topological polar surface area (TPSA) is 86.8 Å². The Morgan fingerprint density at radius 3 is 2.28 bits per heavy atom. The summed E-state index contributed by atoms with van der Waals surface area (Å²) in [4.78, 5) is 28.2. The van der Waals surface area contributed by atoms with Crippen LogP contribution in [0.5, 0.6) is 0 Å². The Morgan fingerprint density at radius 1 is 0.949 bits per heavy atom. The molecule has 2 amide bonds. The van der Waals surface area contributed by atoms with Gasteiger partial charge in [-0.05, 0) is 62.6 Å². The van der Waals surface area contributed by atoms with E-state index in [1.165, 1.54) is 23.1 Å². The summed E-state index contributed by atoms with van der Waals surface area (Å²) < 4.78 is 43.4. The van der Waals surface area contributed by atoms with E-state index in [-0.39, 0.29) is 17.0 Å². The lowest BCUT2D eigenvalue weighted by Gasteiger charge is -2.32. The van der Waals surface area contributed by atoms with E-state index in [1.807, 2.05) is 19.9 Å².